The number of carbonyl (C=O) groups is 1. The summed E-state index contributed by atoms with van der Waals surface area (Å²) in [5, 5.41) is 8.64. The van der Waals surface area contributed by atoms with Crippen molar-refractivity contribution in [1.29, 1.82) is 0 Å². The lowest BCUT2D eigenvalue weighted by Crippen LogP contribution is -2.36. The van der Waals surface area contributed by atoms with E-state index in [4.69, 9.17) is 5.21 Å². The van der Waals surface area contributed by atoms with Crippen LogP contribution in [0.2, 0.25) is 0 Å². The Balaban J connectivity index is 2.19. The third-order valence-electron chi connectivity index (χ3n) is 3.86. The molecule has 0 heterocycles. The van der Waals surface area contributed by atoms with Crippen molar-refractivity contribution in [2.45, 2.75) is 24.7 Å². The molecule has 0 saturated heterocycles. The second kappa shape index (κ2) is 8.75. The Morgan fingerprint density at radius 1 is 1.04 bits per heavy atom. The predicted octanol–water partition coefficient (Wildman–Crippen LogP) is 2.12. The van der Waals surface area contributed by atoms with Crippen molar-refractivity contribution >= 4 is 15.9 Å². The first-order valence-electron chi connectivity index (χ1n) is 7.97. The van der Waals surface area contributed by atoms with Gasteiger partial charge in [-0.15, -0.1) is 0 Å². The van der Waals surface area contributed by atoms with Crippen LogP contribution < -0.4 is 5.48 Å². The maximum absolute atomic E-state index is 12.9. The SMILES string of the molecule is Cc1ccc(S(=O)(=O)N(CCC(=O)NO)CCc2ccccc2)cc1. The molecule has 1 amide bonds. The van der Waals surface area contributed by atoms with Gasteiger partial charge in [0.2, 0.25) is 15.9 Å². The molecule has 0 radical (unpaired) electrons. The summed E-state index contributed by atoms with van der Waals surface area (Å²) in [5.41, 5.74) is 3.51. The van der Waals surface area contributed by atoms with Gasteiger partial charge in [0.15, 0.2) is 0 Å². The third kappa shape index (κ3) is 5.38. The fourth-order valence-corrected chi connectivity index (χ4v) is 3.83. The van der Waals surface area contributed by atoms with Crippen LogP contribution in [0.15, 0.2) is 59.5 Å². The average molecular weight is 362 g/mol. The van der Waals surface area contributed by atoms with E-state index in [-0.39, 0.29) is 24.4 Å². The topological polar surface area (TPSA) is 86.7 Å². The van der Waals surface area contributed by atoms with Gasteiger partial charge in [0, 0.05) is 19.5 Å². The van der Waals surface area contributed by atoms with Crippen LogP contribution >= 0.6 is 0 Å². The number of hydrogen-bond donors (Lipinski definition) is 2. The molecule has 2 N–H and O–H groups in total. The molecule has 0 unspecified atom stereocenters. The minimum atomic E-state index is -3.72. The van der Waals surface area contributed by atoms with E-state index in [0.717, 1.165) is 11.1 Å². The Labute approximate surface area is 148 Å². The van der Waals surface area contributed by atoms with E-state index >= 15 is 0 Å². The lowest BCUT2D eigenvalue weighted by atomic mass is 10.1. The van der Waals surface area contributed by atoms with E-state index in [1.807, 2.05) is 37.3 Å². The zero-order valence-corrected chi connectivity index (χ0v) is 14.9. The maximum atomic E-state index is 12.9. The first-order chi connectivity index (χ1) is 11.9. The Morgan fingerprint density at radius 2 is 1.68 bits per heavy atom. The molecule has 0 aliphatic carbocycles. The Hall–Kier alpha value is -2.22. The fraction of sp³-hybridized carbons (Fsp3) is 0.278. The van der Waals surface area contributed by atoms with Crippen LogP contribution in [0.1, 0.15) is 17.5 Å². The Kier molecular flexibility index (Phi) is 6.69. The number of aryl methyl sites for hydroxylation is 1. The number of rotatable bonds is 8. The van der Waals surface area contributed by atoms with Crippen molar-refractivity contribution in [2.75, 3.05) is 13.1 Å². The molecular weight excluding hydrogens is 340 g/mol. The first kappa shape index (κ1) is 19.1. The second-order valence-electron chi connectivity index (χ2n) is 5.74. The number of carbonyl (C=O) groups excluding carboxylic acids is 1. The number of benzene rings is 2. The number of hydrogen-bond acceptors (Lipinski definition) is 4. The lowest BCUT2D eigenvalue weighted by molar-refractivity contribution is -0.129. The zero-order chi connectivity index (χ0) is 18.3. The van der Waals surface area contributed by atoms with Gasteiger partial charge >= 0.3 is 0 Å². The molecule has 2 aromatic rings. The highest BCUT2D eigenvalue weighted by atomic mass is 32.2. The number of nitrogens with one attached hydrogen (secondary N) is 1. The molecule has 0 bridgehead atoms. The summed E-state index contributed by atoms with van der Waals surface area (Å²) in [6, 6.07) is 16.1. The minimum Gasteiger partial charge on any atom is -0.289 e. The molecule has 0 aliphatic rings. The summed E-state index contributed by atoms with van der Waals surface area (Å²) in [4.78, 5) is 11.5. The van der Waals surface area contributed by atoms with E-state index in [9.17, 15) is 13.2 Å². The van der Waals surface area contributed by atoms with Crippen molar-refractivity contribution in [2.24, 2.45) is 0 Å². The van der Waals surface area contributed by atoms with Gasteiger partial charge in [-0.25, -0.2) is 13.9 Å². The molecule has 134 valence electrons. The van der Waals surface area contributed by atoms with Gasteiger partial charge in [0.1, 0.15) is 0 Å². The van der Waals surface area contributed by atoms with Gasteiger partial charge in [-0.05, 0) is 31.0 Å². The van der Waals surface area contributed by atoms with Crippen molar-refractivity contribution in [3.63, 3.8) is 0 Å². The molecular formula is C18H22N2O4S. The van der Waals surface area contributed by atoms with E-state index < -0.39 is 15.9 Å². The molecule has 0 fully saturated rings. The van der Waals surface area contributed by atoms with Crippen LogP contribution in [0, 0.1) is 6.92 Å². The van der Waals surface area contributed by atoms with Crippen molar-refractivity contribution in [3.8, 4) is 0 Å². The number of nitrogens with zero attached hydrogens (tertiary/aromatic N) is 1. The Bertz CT molecular complexity index is 790. The van der Waals surface area contributed by atoms with Crippen molar-refractivity contribution < 1.29 is 18.4 Å². The van der Waals surface area contributed by atoms with Crippen LogP contribution in [-0.2, 0) is 21.2 Å². The quantitative estimate of drug-likeness (QED) is 0.556. The normalized spacial score (nSPS) is 11.5. The zero-order valence-electron chi connectivity index (χ0n) is 14.1. The van der Waals surface area contributed by atoms with Gasteiger partial charge in [-0.1, -0.05) is 48.0 Å². The monoisotopic (exact) mass is 362 g/mol. The smallest absolute Gasteiger partial charge is 0.244 e. The van der Waals surface area contributed by atoms with Crippen molar-refractivity contribution in [3.05, 3.63) is 65.7 Å². The molecule has 7 heteroatoms. The minimum absolute atomic E-state index is 0.00453. The molecule has 25 heavy (non-hydrogen) atoms. The second-order valence-corrected chi connectivity index (χ2v) is 7.68. The molecule has 6 nitrogen and oxygen atoms in total. The summed E-state index contributed by atoms with van der Waals surface area (Å²) in [7, 11) is -3.72. The van der Waals surface area contributed by atoms with Crippen molar-refractivity contribution in [1.82, 2.24) is 9.79 Å². The van der Waals surface area contributed by atoms with E-state index in [2.05, 4.69) is 0 Å². The summed E-state index contributed by atoms with van der Waals surface area (Å²) < 4.78 is 27.1. The number of sulfonamides is 1. The summed E-state index contributed by atoms with van der Waals surface area (Å²) in [6.07, 6.45) is 0.420. The molecule has 0 aliphatic heterocycles. The van der Waals surface area contributed by atoms with Gasteiger partial charge < -0.3 is 0 Å². The molecule has 2 rings (SSSR count). The highest BCUT2D eigenvalue weighted by Gasteiger charge is 2.24. The first-order valence-corrected chi connectivity index (χ1v) is 9.41. The van der Waals surface area contributed by atoms with Gasteiger partial charge in [-0.3, -0.25) is 10.0 Å². The summed E-state index contributed by atoms with van der Waals surface area (Å²) >= 11 is 0. The Morgan fingerprint density at radius 3 is 2.28 bits per heavy atom. The molecule has 2 aromatic carbocycles. The summed E-state index contributed by atoms with van der Waals surface area (Å²) in [5.74, 6) is -0.621. The molecule has 0 saturated carbocycles. The molecule has 0 spiro atoms. The van der Waals surface area contributed by atoms with Crippen LogP contribution in [0.5, 0.6) is 0 Å². The average Bonchev–Trinajstić information content (AvgIpc) is 2.62. The predicted molar refractivity (Wildman–Crippen MR) is 94.6 cm³/mol. The van der Waals surface area contributed by atoms with Crippen LogP contribution in [0.4, 0.5) is 0 Å². The maximum Gasteiger partial charge on any atom is 0.244 e. The fourth-order valence-electron chi connectivity index (χ4n) is 2.39. The van der Waals surface area contributed by atoms with Gasteiger partial charge in [-0.2, -0.15) is 4.31 Å². The van der Waals surface area contributed by atoms with Gasteiger partial charge in [0.25, 0.3) is 0 Å². The highest BCUT2D eigenvalue weighted by Crippen LogP contribution is 2.17. The van der Waals surface area contributed by atoms with Gasteiger partial charge in [0.05, 0.1) is 4.90 Å². The van der Waals surface area contributed by atoms with E-state index in [0.29, 0.717) is 6.42 Å². The van der Waals surface area contributed by atoms with Crippen LogP contribution in [-0.4, -0.2) is 36.9 Å². The van der Waals surface area contributed by atoms with Crippen LogP contribution in [0.3, 0.4) is 0 Å². The molecule has 0 aromatic heterocycles. The molecule has 0 atom stereocenters. The standard InChI is InChI=1S/C18H22N2O4S/c1-15-7-9-17(10-8-15)25(23,24)20(14-12-18(21)19-22)13-11-16-5-3-2-4-6-16/h2-10,22H,11-14H2,1H3,(H,19,21). The highest BCUT2D eigenvalue weighted by molar-refractivity contribution is 7.89. The number of hydroxylamine groups is 1. The lowest BCUT2D eigenvalue weighted by Gasteiger charge is -2.22. The van der Waals surface area contributed by atoms with E-state index in [1.165, 1.54) is 9.79 Å². The third-order valence-corrected chi connectivity index (χ3v) is 5.78. The largest absolute Gasteiger partial charge is 0.289 e. The van der Waals surface area contributed by atoms with Crippen LogP contribution in [0.25, 0.3) is 0 Å². The number of amides is 1. The van der Waals surface area contributed by atoms with E-state index in [1.54, 1.807) is 24.3 Å². The summed E-state index contributed by atoms with van der Waals surface area (Å²) in [6.45, 7) is 2.13.